The number of hydrogen-bond acceptors (Lipinski definition) is 4. The van der Waals surface area contributed by atoms with E-state index in [4.69, 9.17) is 4.52 Å². The molecule has 0 aliphatic carbocycles. The largest absolute Gasteiger partial charge is 0.416 e. The number of benzene rings is 3. The van der Waals surface area contributed by atoms with Crippen LogP contribution in [-0.4, -0.2) is 14.7 Å². The smallest absolute Gasteiger partial charge is 0.342 e. The molecule has 2 aromatic heterocycles. The molecule has 0 unspecified atom stereocenters. The SMILES string of the molecule is CC(C)(c1ccc(F)cc1)c1nc(-c2cn(Cc3ccc(C(F)(F)F)cc3)c3ccccc3c2=O)no1. The van der Waals surface area contributed by atoms with Gasteiger partial charge in [-0.1, -0.05) is 41.6 Å². The zero-order chi connectivity index (χ0) is 26.4. The molecule has 0 spiro atoms. The van der Waals surface area contributed by atoms with Crippen LogP contribution in [0.25, 0.3) is 22.3 Å². The van der Waals surface area contributed by atoms with Crippen molar-refractivity contribution in [1.82, 2.24) is 14.7 Å². The number of fused-ring (bicyclic) bond motifs is 1. The molecule has 0 N–H and O–H groups in total. The Morgan fingerprint density at radius 1 is 0.892 bits per heavy atom. The van der Waals surface area contributed by atoms with Crippen LogP contribution in [0.5, 0.6) is 0 Å². The van der Waals surface area contributed by atoms with Crippen LogP contribution < -0.4 is 5.43 Å². The summed E-state index contributed by atoms with van der Waals surface area (Å²) in [6.45, 7) is 3.92. The predicted octanol–water partition coefficient (Wildman–Crippen LogP) is 6.58. The highest BCUT2D eigenvalue weighted by atomic mass is 19.4. The van der Waals surface area contributed by atoms with E-state index in [2.05, 4.69) is 10.1 Å². The maximum absolute atomic E-state index is 13.4. The zero-order valence-electron chi connectivity index (χ0n) is 19.9. The van der Waals surface area contributed by atoms with Gasteiger partial charge in [-0.3, -0.25) is 4.79 Å². The highest BCUT2D eigenvalue weighted by Crippen LogP contribution is 2.32. The first-order chi connectivity index (χ1) is 17.5. The molecule has 0 aliphatic heterocycles. The Labute approximate surface area is 209 Å². The fourth-order valence-corrected chi connectivity index (χ4v) is 4.21. The number of hydrogen-bond donors (Lipinski definition) is 0. The first kappa shape index (κ1) is 24.4. The summed E-state index contributed by atoms with van der Waals surface area (Å²) in [7, 11) is 0. The van der Waals surface area contributed by atoms with Gasteiger partial charge in [-0.05, 0) is 61.4 Å². The summed E-state index contributed by atoms with van der Waals surface area (Å²) < 4.78 is 59.6. The van der Waals surface area contributed by atoms with Gasteiger partial charge in [0.15, 0.2) is 0 Å². The van der Waals surface area contributed by atoms with E-state index in [1.54, 1.807) is 47.2 Å². The van der Waals surface area contributed by atoms with Crippen molar-refractivity contribution in [2.45, 2.75) is 32.0 Å². The van der Waals surface area contributed by atoms with E-state index in [0.717, 1.165) is 17.7 Å². The third-order valence-corrected chi connectivity index (χ3v) is 6.39. The van der Waals surface area contributed by atoms with E-state index in [1.165, 1.54) is 24.3 Å². The summed E-state index contributed by atoms with van der Waals surface area (Å²) in [6.07, 6.45) is -2.84. The summed E-state index contributed by atoms with van der Waals surface area (Å²) in [5, 5.41) is 4.46. The van der Waals surface area contributed by atoms with Crippen molar-refractivity contribution in [1.29, 1.82) is 0 Å². The van der Waals surface area contributed by atoms with Crippen LogP contribution in [0.3, 0.4) is 0 Å². The van der Waals surface area contributed by atoms with Gasteiger partial charge in [0.1, 0.15) is 5.82 Å². The number of para-hydroxylation sites is 1. The van der Waals surface area contributed by atoms with Gasteiger partial charge < -0.3 is 9.09 Å². The van der Waals surface area contributed by atoms with Gasteiger partial charge in [0.2, 0.25) is 17.1 Å². The number of pyridine rings is 1. The van der Waals surface area contributed by atoms with Crippen molar-refractivity contribution in [3.8, 4) is 11.4 Å². The summed E-state index contributed by atoms with van der Waals surface area (Å²) in [5.41, 5.74) is 0.397. The van der Waals surface area contributed by atoms with Crippen LogP contribution in [-0.2, 0) is 18.1 Å². The number of halogens is 4. The molecule has 188 valence electrons. The van der Waals surface area contributed by atoms with Crippen molar-refractivity contribution >= 4 is 10.9 Å². The van der Waals surface area contributed by atoms with Gasteiger partial charge in [0, 0.05) is 18.1 Å². The second-order valence-corrected chi connectivity index (χ2v) is 9.27. The second kappa shape index (κ2) is 8.99. The second-order valence-electron chi connectivity index (χ2n) is 9.27. The van der Waals surface area contributed by atoms with Crippen molar-refractivity contribution in [3.05, 3.63) is 118 Å². The number of nitrogens with zero attached hydrogens (tertiary/aromatic N) is 3. The van der Waals surface area contributed by atoms with E-state index >= 15 is 0 Å². The molecular weight excluding hydrogens is 486 g/mol. The van der Waals surface area contributed by atoms with Crippen LogP contribution in [0.4, 0.5) is 17.6 Å². The molecular formula is C28H21F4N3O2. The first-order valence-corrected chi connectivity index (χ1v) is 11.4. The Morgan fingerprint density at radius 3 is 2.22 bits per heavy atom. The van der Waals surface area contributed by atoms with Gasteiger partial charge in [-0.2, -0.15) is 18.2 Å². The molecule has 0 saturated heterocycles. The Balaban J connectivity index is 1.56. The quantitative estimate of drug-likeness (QED) is 0.252. The minimum Gasteiger partial charge on any atom is -0.342 e. The Morgan fingerprint density at radius 2 is 1.54 bits per heavy atom. The lowest BCUT2D eigenvalue weighted by atomic mass is 9.84. The molecule has 37 heavy (non-hydrogen) atoms. The average molecular weight is 507 g/mol. The molecule has 0 radical (unpaired) electrons. The molecule has 0 saturated carbocycles. The van der Waals surface area contributed by atoms with Gasteiger partial charge >= 0.3 is 6.18 Å². The highest BCUT2D eigenvalue weighted by Gasteiger charge is 2.31. The maximum atomic E-state index is 13.4. The van der Waals surface area contributed by atoms with Crippen molar-refractivity contribution in [2.75, 3.05) is 0 Å². The lowest BCUT2D eigenvalue weighted by Gasteiger charge is -2.20. The normalized spacial score (nSPS) is 12.3. The Bertz CT molecular complexity index is 1630. The molecule has 9 heteroatoms. The standard InChI is InChI=1S/C28H21F4N3O2/c1-27(2,18-11-13-20(29)14-12-18)26-33-25(34-37-26)22-16-35(23-6-4-3-5-21(23)24(22)36)15-17-7-9-19(10-8-17)28(30,31)32/h3-14,16H,15H2,1-2H3. The number of alkyl halides is 3. The summed E-state index contributed by atoms with van der Waals surface area (Å²) >= 11 is 0. The highest BCUT2D eigenvalue weighted by molar-refractivity contribution is 5.83. The van der Waals surface area contributed by atoms with Gasteiger partial charge in [-0.25, -0.2) is 4.39 Å². The fraction of sp³-hybridized carbons (Fsp3) is 0.179. The van der Waals surface area contributed by atoms with Crippen LogP contribution in [0.15, 0.2) is 88.3 Å². The number of rotatable bonds is 5. The Hall–Kier alpha value is -4.27. The summed E-state index contributed by atoms with van der Waals surface area (Å²) in [5.74, 6) is -0.0337. The molecule has 0 aliphatic rings. The molecule has 5 aromatic rings. The van der Waals surface area contributed by atoms with Crippen molar-refractivity contribution < 1.29 is 22.1 Å². The van der Waals surface area contributed by atoms with Crippen LogP contribution in [0.2, 0.25) is 0 Å². The van der Waals surface area contributed by atoms with E-state index in [1.807, 2.05) is 13.8 Å². The monoisotopic (exact) mass is 507 g/mol. The molecule has 0 atom stereocenters. The molecule has 0 fully saturated rings. The van der Waals surface area contributed by atoms with Gasteiger partial charge in [-0.15, -0.1) is 0 Å². The fourth-order valence-electron chi connectivity index (χ4n) is 4.21. The Kier molecular flexibility index (Phi) is 5.94. The molecule has 5 nitrogen and oxygen atoms in total. The third kappa shape index (κ3) is 4.64. The van der Waals surface area contributed by atoms with Crippen LogP contribution in [0.1, 0.15) is 36.4 Å². The summed E-state index contributed by atoms with van der Waals surface area (Å²) in [6, 6.07) is 17.8. The maximum Gasteiger partial charge on any atom is 0.416 e. The molecule has 2 heterocycles. The predicted molar refractivity (Wildman–Crippen MR) is 131 cm³/mol. The lowest BCUT2D eigenvalue weighted by molar-refractivity contribution is -0.137. The van der Waals surface area contributed by atoms with E-state index in [-0.39, 0.29) is 35.1 Å². The van der Waals surface area contributed by atoms with Crippen LogP contribution >= 0.6 is 0 Å². The zero-order valence-corrected chi connectivity index (χ0v) is 19.9. The van der Waals surface area contributed by atoms with E-state index in [9.17, 15) is 22.4 Å². The minimum absolute atomic E-state index is 0.0853. The first-order valence-electron chi connectivity index (χ1n) is 11.4. The van der Waals surface area contributed by atoms with E-state index < -0.39 is 17.2 Å². The van der Waals surface area contributed by atoms with Crippen molar-refractivity contribution in [3.63, 3.8) is 0 Å². The number of aromatic nitrogens is 3. The van der Waals surface area contributed by atoms with E-state index in [0.29, 0.717) is 16.5 Å². The van der Waals surface area contributed by atoms with Crippen LogP contribution in [0, 0.1) is 5.82 Å². The summed E-state index contributed by atoms with van der Waals surface area (Å²) in [4.78, 5) is 17.8. The minimum atomic E-state index is -4.42. The lowest BCUT2D eigenvalue weighted by Crippen LogP contribution is -2.19. The molecule has 5 rings (SSSR count). The van der Waals surface area contributed by atoms with Gasteiger partial charge in [0.25, 0.3) is 0 Å². The van der Waals surface area contributed by atoms with Crippen molar-refractivity contribution in [2.24, 2.45) is 0 Å². The van der Waals surface area contributed by atoms with Gasteiger partial charge in [0.05, 0.1) is 22.1 Å². The average Bonchev–Trinajstić information content (AvgIpc) is 3.37. The third-order valence-electron chi connectivity index (χ3n) is 6.39. The molecule has 0 bridgehead atoms. The molecule has 0 amide bonds. The molecule has 3 aromatic carbocycles. The topological polar surface area (TPSA) is 60.9 Å².